The van der Waals surface area contributed by atoms with E-state index in [0.717, 1.165) is 13.0 Å². The second-order valence-electron chi connectivity index (χ2n) is 5.96. The summed E-state index contributed by atoms with van der Waals surface area (Å²) in [6, 6.07) is 0. The van der Waals surface area contributed by atoms with Gasteiger partial charge in [-0.1, -0.05) is 46.2 Å². The summed E-state index contributed by atoms with van der Waals surface area (Å²) in [6.07, 6.45) is 3.01. The maximum absolute atomic E-state index is 12.3. The van der Waals surface area contributed by atoms with Crippen molar-refractivity contribution in [3.63, 3.8) is 0 Å². The Labute approximate surface area is 115 Å². The van der Waals surface area contributed by atoms with Gasteiger partial charge in [-0.05, 0) is 17.8 Å². The fraction of sp³-hybridized carbons (Fsp3) is 0.714. The number of halogens is 1. The third-order valence-electron chi connectivity index (χ3n) is 3.46. The fourth-order valence-corrected chi connectivity index (χ4v) is 1.95. The van der Waals surface area contributed by atoms with Crippen molar-refractivity contribution >= 4 is 17.4 Å². The van der Waals surface area contributed by atoms with Crippen molar-refractivity contribution in [2.75, 3.05) is 0 Å². The lowest BCUT2D eigenvalue weighted by atomic mass is 9.79. The van der Waals surface area contributed by atoms with E-state index < -0.39 is 0 Å². The van der Waals surface area contributed by atoms with Crippen LogP contribution >= 0.6 is 11.6 Å². The number of rotatable bonds is 5. The molecule has 0 bridgehead atoms. The third-order valence-corrected chi connectivity index (χ3v) is 3.74. The van der Waals surface area contributed by atoms with Gasteiger partial charge in [0.05, 0.1) is 11.2 Å². The topological polar surface area (TPSA) is 34.9 Å². The van der Waals surface area contributed by atoms with E-state index in [9.17, 15) is 4.79 Å². The molecule has 1 aromatic heterocycles. The molecular weight excluding hydrogens is 248 g/mol. The molecule has 0 saturated carbocycles. The second-order valence-corrected chi connectivity index (χ2v) is 6.37. The van der Waals surface area contributed by atoms with Crippen LogP contribution in [0.25, 0.3) is 0 Å². The molecule has 3 nitrogen and oxygen atoms in total. The molecule has 4 heteroatoms. The van der Waals surface area contributed by atoms with Crippen molar-refractivity contribution in [3.8, 4) is 0 Å². The van der Waals surface area contributed by atoms with Crippen molar-refractivity contribution in [1.82, 2.24) is 9.78 Å². The quantitative estimate of drug-likeness (QED) is 0.752. The van der Waals surface area contributed by atoms with Crippen molar-refractivity contribution in [3.05, 3.63) is 16.9 Å². The first-order chi connectivity index (χ1) is 8.27. The number of carbonyl (C=O) groups excluding carboxylic acids is 1. The Morgan fingerprint density at radius 3 is 2.61 bits per heavy atom. The summed E-state index contributed by atoms with van der Waals surface area (Å²) in [6.45, 7) is 11.3. The van der Waals surface area contributed by atoms with Gasteiger partial charge < -0.3 is 0 Å². The largest absolute Gasteiger partial charge is 0.292 e. The van der Waals surface area contributed by atoms with Crippen molar-refractivity contribution in [2.24, 2.45) is 11.3 Å². The lowest BCUT2D eigenvalue weighted by Gasteiger charge is -2.26. The maximum atomic E-state index is 12.3. The molecule has 0 N–H and O–H groups in total. The average molecular weight is 271 g/mol. The molecule has 0 aliphatic carbocycles. The highest BCUT2D eigenvalue weighted by molar-refractivity contribution is 6.33. The van der Waals surface area contributed by atoms with E-state index in [1.807, 2.05) is 0 Å². The standard InChI is InChI=1S/C14H23ClN2O/c1-6-7-17-13(11(15)9-16-17)12(18)8-10(2)14(3,4)5/h9-10H,6-8H2,1-5H3. The molecule has 18 heavy (non-hydrogen) atoms. The summed E-state index contributed by atoms with van der Waals surface area (Å²) >= 11 is 6.07. The molecule has 0 aliphatic rings. The molecule has 1 heterocycles. The van der Waals surface area contributed by atoms with Crippen LogP contribution in [0.2, 0.25) is 5.02 Å². The van der Waals surface area contributed by atoms with Gasteiger partial charge in [-0.25, -0.2) is 0 Å². The number of nitrogens with zero attached hydrogens (tertiary/aromatic N) is 2. The SMILES string of the molecule is CCCn1ncc(Cl)c1C(=O)CC(C)C(C)(C)C. The predicted molar refractivity (Wildman–Crippen MR) is 75.1 cm³/mol. The number of ketones is 1. The first kappa shape index (κ1) is 15.2. The minimum atomic E-state index is 0.0911. The maximum Gasteiger partial charge on any atom is 0.182 e. The number of hydrogen-bond donors (Lipinski definition) is 0. The summed E-state index contributed by atoms with van der Waals surface area (Å²) in [5.41, 5.74) is 0.687. The highest BCUT2D eigenvalue weighted by Crippen LogP contribution is 2.30. The van der Waals surface area contributed by atoms with Crippen LogP contribution in [0.1, 0.15) is 57.9 Å². The Kier molecular flexibility index (Phi) is 4.97. The molecule has 0 aliphatic heterocycles. The number of carbonyl (C=O) groups is 1. The average Bonchev–Trinajstić information content (AvgIpc) is 2.59. The molecule has 0 amide bonds. The molecule has 0 aromatic carbocycles. The summed E-state index contributed by atoms with van der Waals surface area (Å²) in [7, 11) is 0. The van der Waals surface area contributed by atoms with Crippen LogP contribution < -0.4 is 0 Å². The molecule has 1 atom stereocenters. The van der Waals surface area contributed by atoms with Gasteiger partial charge in [-0.15, -0.1) is 0 Å². The number of hydrogen-bond acceptors (Lipinski definition) is 2. The Bertz CT molecular complexity index is 418. The number of Topliss-reactive ketones (excluding diaryl/α,β-unsaturated/α-hetero) is 1. The summed E-state index contributed by atoms with van der Waals surface area (Å²) in [4.78, 5) is 12.3. The van der Waals surface area contributed by atoms with Crippen LogP contribution in [-0.4, -0.2) is 15.6 Å². The third kappa shape index (κ3) is 3.58. The van der Waals surface area contributed by atoms with Crippen LogP contribution in [-0.2, 0) is 6.54 Å². The Hall–Kier alpha value is -0.830. The predicted octanol–water partition coefficient (Wildman–Crippen LogP) is 4.20. The zero-order valence-corrected chi connectivity index (χ0v) is 12.7. The van der Waals surface area contributed by atoms with E-state index in [1.165, 1.54) is 0 Å². The van der Waals surface area contributed by atoms with Crippen molar-refractivity contribution in [2.45, 2.75) is 54.0 Å². The van der Waals surface area contributed by atoms with Gasteiger partial charge in [0.25, 0.3) is 0 Å². The Morgan fingerprint density at radius 2 is 2.11 bits per heavy atom. The second kappa shape index (κ2) is 5.87. The van der Waals surface area contributed by atoms with Gasteiger partial charge in [0, 0.05) is 13.0 Å². The minimum Gasteiger partial charge on any atom is -0.292 e. The van der Waals surface area contributed by atoms with E-state index >= 15 is 0 Å². The van der Waals surface area contributed by atoms with E-state index in [-0.39, 0.29) is 11.2 Å². The molecule has 1 unspecified atom stereocenters. The van der Waals surface area contributed by atoms with Gasteiger partial charge in [0.15, 0.2) is 5.78 Å². The molecule has 1 rings (SSSR count). The summed E-state index contributed by atoms with van der Waals surface area (Å²) in [5, 5.41) is 4.63. The fourth-order valence-electron chi connectivity index (χ4n) is 1.70. The van der Waals surface area contributed by atoms with Crippen LogP contribution in [0.3, 0.4) is 0 Å². The Morgan fingerprint density at radius 1 is 1.50 bits per heavy atom. The monoisotopic (exact) mass is 270 g/mol. The zero-order valence-electron chi connectivity index (χ0n) is 12.0. The highest BCUT2D eigenvalue weighted by atomic mass is 35.5. The van der Waals surface area contributed by atoms with E-state index in [1.54, 1.807) is 10.9 Å². The number of aryl methyl sites for hydroxylation is 1. The van der Waals surface area contributed by atoms with Gasteiger partial charge in [-0.2, -0.15) is 5.10 Å². The first-order valence-electron chi connectivity index (χ1n) is 6.51. The molecular formula is C14H23ClN2O. The van der Waals surface area contributed by atoms with E-state index in [4.69, 9.17) is 11.6 Å². The minimum absolute atomic E-state index is 0.0911. The van der Waals surface area contributed by atoms with Crippen LogP contribution in [0.4, 0.5) is 0 Å². The summed E-state index contributed by atoms with van der Waals surface area (Å²) < 4.78 is 1.72. The van der Waals surface area contributed by atoms with Crippen LogP contribution in [0, 0.1) is 11.3 Å². The highest BCUT2D eigenvalue weighted by Gasteiger charge is 2.25. The molecule has 0 fully saturated rings. The smallest absolute Gasteiger partial charge is 0.182 e. The molecule has 0 saturated heterocycles. The molecule has 0 spiro atoms. The lowest BCUT2D eigenvalue weighted by molar-refractivity contribution is 0.0916. The van der Waals surface area contributed by atoms with Gasteiger partial charge in [-0.3, -0.25) is 9.48 Å². The zero-order chi connectivity index (χ0) is 13.9. The first-order valence-corrected chi connectivity index (χ1v) is 6.89. The number of aromatic nitrogens is 2. The van der Waals surface area contributed by atoms with Crippen molar-refractivity contribution in [1.29, 1.82) is 0 Å². The molecule has 1 aromatic rings. The molecule has 102 valence electrons. The van der Waals surface area contributed by atoms with Gasteiger partial charge in [0.2, 0.25) is 0 Å². The summed E-state index contributed by atoms with van der Waals surface area (Å²) in [5.74, 6) is 0.402. The van der Waals surface area contributed by atoms with E-state index in [2.05, 4.69) is 39.7 Å². The molecule has 0 radical (unpaired) electrons. The van der Waals surface area contributed by atoms with Crippen LogP contribution in [0.5, 0.6) is 0 Å². The lowest BCUT2D eigenvalue weighted by Crippen LogP contribution is -2.22. The van der Waals surface area contributed by atoms with E-state index in [0.29, 0.717) is 23.1 Å². The normalized spacial score (nSPS) is 13.7. The Balaban J connectivity index is 2.87. The van der Waals surface area contributed by atoms with Crippen LogP contribution in [0.15, 0.2) is 6.20 Å². The van der Waals surface area contributed by atoms with Gasteiger partial charge in [0.1, 0.15) is 5.69 Å². The van der Waals surface area contributed by atoms with Crippen molar-refractivity contribution < 1.29 is 4.79 Å². The van der Waals surface area contributed by atoms with Gasteiger partial charge >= 0.3 is 0 Å².